The van der Waals surface area contributed by atoms with Crippen LogP contribution in [0.1, 0.15) is 19.8 Å². The van der Waals surface area contributed by atoms with Gasteiger partial charge in [-0.1, -0.05) is 0 Å². The number of hydrogen-bond donors (Lipinski definition) is 0. The van der Waals surface area contributed by atoms with Gasteiger partial charge in [0.15, 0.2) is 10.1 Å². The van der Waals surface area contributed by atoms with E-state index in [9.17, 15) is 30.2 Å². The fourth-order valence-electron chi connectivity index (χ4n) is 3.59. The van der Waals surface area contributed by atoms with Crippen LogP contribution in [0.5, 0.6) is 0 Å². The molecule has 2 bridgehead atoms. The van der Waals surface area contributed by atoms with E-state index in [2.05, 4.69) is 0 Å². The van der Waals surface area contributed by atoms with Crippen LogP contribution in [-0.4, -0.2) is 50.2 Å². The first-order chi connectivity index (χ1) is 9.45. The maximum absolute atomic E-state index is 13.4. The molecular weight excluding hydrogens is 334 g/mol. The topological polar surface area (TPSA) is 110 Å². The van der Waals surface area contributed by atoms with Crippen molar-refractivity contribution < 1.29 is 39.1 Å². The maximum Gasteiger partial charge on any atom is 0.359 e. The largest absolute Gasteiger partial charge is 0.743 e. The molecule has 7 nitrogen and oxygen atoms in total. The van der Waals surface area contributed by atoms with Crippen molar-refractivity contribution >= 4 is 20.2 Å². The van der Waals surface area contributed by atoms with E-state index < -0.39 is 49.1 Å². The summed E-state index contributed by atoms with van der Waals surface area (Å²) in [6.45, 7) is 0.780. The summed E-state index contributed by atoms with van der Waals surface area (Å²) < 4.78 is 91.9. The zero-order valence-corrected chi connectivity index (χ0v) is 12.4. The van der Waals surface area contributed by atoms with Crippen molar-refractivity contribution in [3.8, 4) is 0 Å². The van der Waals surface area contributed by atoms with Crippen LogP contribution in [0.15, 0.2) is 0 Å². The van der Waals surface area contributed by atoms with Crippen molar-refractivity contribution in [3.63, 3.8) is 0 Å². The highest BCUT2D eigenvalue weighted by atomic mass is 32.2. The molecule has 2 aliphatic carbocycles. The van der Waals surface area contributed by atoms with E-state index in [1.165, 1.54) is 0 Å². The second-order valence-corrected chi connectivity index (χ2v) is 8.98. The third-order valence-corrected chi connectivity index (χ3v) is 7.35. The first kappa shape index (κ1) is 15.5. The van der Waals surface area contributed by atoms with Crippen LogP contribution in [0.2, 0.25) is 0 Å². The van der Waals surface area contributed by atoms with Crippen LogP contribution in [0.25, 0.3) is 0 Å². The van der Waals surface area contributed by atoms with Gasteiger partial charge in [0.1, 0.15) is 12.2 Å². The van der Waals surface area contributed by atoms with Crippen LogP contribution in [0, 0.1) is 11.8 Å². The second-order valence-electron chi connectivity index (χ2n) is 5.75. The van der Waals surface area contributed by atoms with Crippen molar-refractivity contribution in [2.45, 2.75) is 48.6 Å². The predicted octanol–water partition coefficient (Wildman–Crippen LogP) is 0.0351. The van der Waals surface area contributed by atoms with E-state index in [-0.39, 0.29) is 18.3 Å². The van der Waals surface area contributed by atoms with Gasteiger partial charge in [-0.25, -0.2) is 8.42 Å². The fraction of sp³-hybridized carbons (Fsp3) is 1.00. The van der Waals surface area contributed by atoms with Gasteiger partial charge in [0, 0.05) is 5.92 Å². The highest BCUT2D eigenvalue weighted by molar-refractivity contribution is 7.87. The van der Waals surface area contributed by atoms with Gasteiger partial charge in [-0.15, -0.1) is 0 Å². The summed E-state index contributed by atoms with van der Waals surface area (Å²) in [4.78, 5) is 0. The molecule has 1 heterocycles. The lowest BCUT2D eigenvalue weighted by Crippen LogP contribution is -2.46. The van der Waals surface area contributed by atoms with Gasteiger partial charge >= 0.3 is 5.25 Å². The smallest absolute Gasteiger partial charge is 0.359 e. The summed E-state index contributed by atoms with van der Waals surface area (Å²) in [5, 5.41) is -5.21. The number of alkyl halides is 2. The molecule has 6 atom stereocenters. The zero-order chi connectivity index (χ0) is 15.8. The number of ether oxygens (including phenoxy) is 1. The lowest BCUT2D eigenvalue weighted by molar-refractivity contribution is -0.140. The summed E-state index contributed by atoms with van der Waals surface area (Å²) in [6.07, 6.45) is -3.26. The zero-order valence-electron chi connectivity index (χ0n) is 10.8. The third-order valence-electron chi connectivity index (χ3n) is 4.58. The Labute approximate surface area is 120 Å². The van der Waals surface area contributed by atoms with E-state index in [0.717, 1.165) is 6.92 Å². The molecule has 2 saturated carbocycles. The van der Waals surface area contributed by atoms with Crippen molar-refractivity contribution in [3.05, 3.63) is 0 Å². The van der Waals surface area contributed by atoms with Crippen molar-refractivity contribution in [1.29, 1.82) is 0 Å². The first-order valence-corrected chi connectivity index (χ1v) is 9.24. The molecule has 0 spiro atoms. The summed E-state index contributed by atoms with van der Waals surface area (Å²) in [5.41, 5.74) is 0. The SMILES string of the molecule is CC(OC1C2CC3C1OS(=O)(=O)C3C2)C(F)(F)S(=O)(=O)[O-]. The van der Waals surface area contributed by atoms with Crippen molar-refractivity contribution in [1.82, 2.24) is 0 Å². The van der Waals surface area contributed by atoms with Crippen LogP contribution < -0.4 is 0 Å². The molecule has 3 fully saturated rings. The lowest BCUT2D eigenvalue weighted by Gasteiger charge is -2.32. The van der Waals surface area contributed by atoms with E-state index in [1.54, 1.807) is 0 Å². The molecule has 0 radical (unpaired) electrons. The Morgan fingerprint density at radius 1 is 1.38 bits per heavy atom. The Morgan fingerprint density at radius 3 is 2.57 bits per heavy atom. The molecule has 11 heteroatoms. The number of hydrogen-bond acceptors (Lipinski definition) is 7. The molecule has 1 saturated heterocycles. The maximum atomic E-state index is 13.4. The normalized spacial score (nSPS) is 42.4. The quantitative estimate of drug-likeness (QED) is 0.521. The first-order valence-electron chi connectivity index (χ1n) is 6.36. The lowest BCUT2D eigenvalue weighted by atomic mass is 9.94. The van der Waals surface area contributed by atoms with Gasteiger partial charge in [-0.05, 0) is 25.7 Å². The van der Waals surface area contributed by atoms with Gasteiger partial charge in [-0.2, -0.15) is 17.2 Å². The molecule has 1 aliphatic heterocycles. The molecule has 0 aromatic rings. The van der Waals surface area contributed by atoms with Gasteiger partial charge in [0.25, 0.3) is 10.1 Å². The molecule has 3 aliphatic rings. The van der Waals surface area contributed by atoms with Gasteiger partial charge in [0.2, 0.25) is 0 Å². The second kappa shape index (κ2) is 4.34. The number of rotatable bonds is 4. The van der Waals surface area contributed by atoms with E-state index in [1.807, 2.05) is 0 Å². The standard InChI is InChI=1S/C10H14F2O7S2/c1-4(10(11,12)21(15,16)17)18-8-5-2-6-7(3-5)20(13,14)19-9(6)8/h4-9H,2-3H2,1H3,(H,15,16,17)/p-1. The minimum absolute atomic E-state index is 0.247. The molecule has 0 aromatic carbocycles. The Kier molecular flexibility index (Phi) is 3.21. The number of fused-ring (bicyclic) bond motifs is 1. The Bertz CT molecular complexity index is 659. The Balaban J connectivity index is 1.79. The Hall–Kier alpha value is -0.360. The van der Waals surface area contributed by atoms with Gasteiger partial charge < -0.3 is 9.29 Å². The summed E-state index contributed by atoms with van der Waals surface area (Å²) in [7, 11) is -9.57. The third kappa shape index (κ3) is 2.12. The van der Waals surface area contributed by atoms with Crippen molar-refractivity contribution in [2.24, 2.45) is 11.8 Å². The van der Waals surface area contributed by atoms with Gasteiger partial charge in [-0.3, -0.25) is 4.18 Å². The monoisotopic (exact) mass is 347 g/mol. The molecular formula is C10H13F2O7S2-. The van der Waals surface area contributed by atoms with Crippen LogP contribution in [0.3, 0.4) is 0 Å². The molecule has 0 amide bonds. The molecule has 122 valence electrons. The van der Waals surface area contributed by atoms with E-state index >= 15 is 0 Å². The highest BCUT2D eigenvalue weighted by Gasteiger charge is 2.65. The predicted molar refractivity (Wildman–Crippen MR) is 62.8 cm³/mol. The van der Waals surface area contributed by atoms with Crippen LogP contribution in [-0.2, 0) is 29.2 Å². The molecule has 21 heavy (non-hydrogen) atoms. The van der Waals surface area contributed by atoms with Gasteiger partial charge in [0.05, 0.1) is 11.4 Å². The molecule has 0 N–H and O–H groups in total. The van der Waals surface area contributed by atoms with E-state index in [4.69, 9.17) is 8.92 Å². The minimum atomic E-state index is -5.86. The molecule has 0 aromatic heterocycles. The van der Waals surface area contributed by atoms with Crippen LogP contribution >= 0.6 is 0 Å². The average molecular weight is 347 g/mol. The van der Waals surface area contributed by atoms with Crippen LogP contribution in [0.4, 0.5) is 8.78 Å². The summed E-state index contributed by atoms with van der Waals surface area (Å²) in [5.74, 6) is -0.593. The number of halogens is 2. The Morgan fingerprint density at radius 2 is 2.00 bits per heavy atom. The van der Waals surface area contributed by atoms with Crippen molar-refractivity contribution in [2.75, 3.05) is 0 Å². The summed E-state index contributed by atoms with van der Waals surface area (Å²) >= 11 is 0. The molecule has 6 unspecified atom stereocenters. The highest BCUT2D eigenvalue weighted by Crippen LogP contribution is 2.55. The minimum Gasteiger partial charge on any atom is -0.743 e. The summed E-state index contributed by atoms with van der Waals surface area (Å²) in [6, 6.07) is 0. The van der Waals surface area contributed by atoms with E-state index in [0.29, 0.717) is 6.42 Å². The molecule has 3 rings (SSSR count). The fourth-order valence-corrected chi connectivity index (χ4v) is 5.93. The average Bonchev–Trinajstić information content (AvgIpc) is 2.91.